The zero-order valence-electron chi connectivity index (χ0n) is 11.4. The van der Waals surface area contributed by atoms with E-state index in [1.807, 2.05) is 4.90 Å². The lowest BCUT2D eigenvalue weighted by Crippen LogP contribution is -2.41. The van der Waals surface area contributed by atoms with E-state index in [2.05, 4.69) is 36.5 Å². The molecule has 0 atom stereocenters. The molecule has 1 amide bonds. The lowest BCUT2D eigenvalue weighted by atomic mass is 10.3. The average molecular weight is 344 g/mol. The molecule has 20 heavy (non-hydrogen) atoms. The van der Waals surface area contributed by atoms with Crippen molar-refractivity contribution in [3.05, 3.63) is 10.7 Å². The number of anilines is 2. The van der Waals surface area contributed by atoms with E-state index in [0.717, 1.165) is 4.47 Å². The lowest BCUT2D eigenvalue weighted by molar-refractivity contribution is -0.134. The maximum atomic E-state index is 12.0. The Bertz CT molecular complexity index is 465. The van der Waals surface area contributed by atoms with Crippen LogP contribution in [-0.4, -0.2) is 60.7 Å². The van der Waals surface area contributed by atoms with Crippen molar-refractivity contribution in [3.63, 3.8) is 0 Å². The maximum absolute atomic E-state index is 12.0. The molecule has 2 heterocycles. The number of halogens is 1. The van der Waals surface area contributed by atoms with Crippen LogP contribution in [0.25, 0.3) is 0 Å². The molecule has 110 valence electrons. The summed E-state index contributed by atoms with van der Waals surface area (Å²) in [4.78, 5) is 22.2. The molecule has 2 rings (SSSR count). The Kier molecular flexibility index (Phi) is 5.54. The standard InChI is InChI=1S/C12H18BrN5O2/c1-14-12-16-8-9(13)11(17-12)15-3-2-10(19)18-4-6-20-7-5-18/h8H,2-7H2,1H3,(H2,14,15,16,17). The van der Waals surface area contributed by atoms with Gasteiger partial charge in [-0.3, -0.25) is 4.79 Å². The van der Waals surface area contributed by atoms with E-state index in [1.54, 1.807) is 13.2 Å². The summed E-state index contributed by atoms with van der Waals surface area (Å²) in [7, 11) is 1.76. The molecule has 2 N–H and O–H groups in total. The minimum atomic E-state index is 0.139. The molecule has 7 nitrogen and oxygen atoms in total. The normalized spacial score (nSPS) is 15.0. The van der Waals surface area contributed by atoms with E-state index in [1.165, 1.54) is 0 Å². The van der Waals surface area contributed by atoms with E-state index >= 15 is 0 Å². The summed E-state index contributed by atoms with van der Waals surface area (Å²) in [5.74, 6) is 1.36. The second-order valence-corrected chi connectivity index (χ2v) is 5.16. The van der Waals surface area contributed by atoms with Gasteiger partial charge >= 0.3 is 0 Å². The molecule has 1 saturated heterocycles. The molecule has 0 aromatic carbocycles. The largest absolute Gasteiger partial charge is 0.378 e. The molecule has 1 aromatic heterocycles. The summed E-state index contributed by atoms with van der Waals surface area (Å²) in [5.41, 5.74) is 0. The van der Waals surface area contributed by atoms with Crippen molar-refractivity contribution in [3.8, 4) is 0 Å². The van der Waals surface area contributed by atoms with Crippen LogP contribution in [0.4, 0.5) is 11.8 Å². The minimum absolute atomic E-state index is 0.139. The van der Waals surface area contributed by atoms with Gasteiger partial charge in [-0.1, -0.05) is 0 Å². The summed E-state index contributed by atoms with van der Waals surface area (Å²) >= 11 is 3.38. The third-order valence-electron chi connectivity index (χ3n) is 2.96. The molecule has 0 radical (unpaired) electrons. The van der Waals surface area contributed by atoms with Crippen molar-refractivity contribution in [1.82, 2.24) is 14.9 Å². The van der Waals surface area contributed by atoms with Crippen LogP contribution in [0.15, 0.2) is 10.7 Å². The Balaban J connectivity index is 1.81. The molecule has 0 bridgehead atoms. The highest BCUT2D eigenvalue weighted by Gasteiger charge is 2.16. The van der Waals surface area contributed by atoms with Gasteiger partial charge < -0.3 is 20.3 Å². The molecule has 1 aliphatic heterocycles. The van der Waals surface area contributed by atoms with Gasteiger partial charge in [-0.25, -0.2) is 4.98 Å². The Labute approximate surface area is 126 Å². The summed E-state index contributed by atoms with van der Waals surface area (Å²) in [6, 6.07) is 0. The van der Waals surface area contributed by atoms with Crippen molar-refractivity contribution in [2.45, 2.75) is 6.42 Å². The van der Waals surface area contributed by atoms with Gasteiger partial charge in [0.15, 0.2) is 0 Å². The van der Waals surface area contributed by atoms with Crippen molar-refractivity contribution >= 4 is 33.6 Å². The van der Waals surface area contributed by atoms with Crippen LogP contribution in [0.2, 0.25) is 0 Å². The van der Waals surface area contributed by atoms with E-state index in [-0.39, 0.29) is 5.91 Å². The first-order valence-corrected chi connectivity index (χ1v) is 7.29. The Morgan fingerprint density at radius 2 is 2.25 bits per heavy atom. The second kappa shape index (κ2) is 7.39. The van der Waals surface area contributed by atoms with Gasteiger partial charge in [0, 0.05) is 39.3 Å². The predicted octanol–water partition coefficient (Wildman–Crippen LogP) is 0.942. The fraction of sp³-hybridized carbons (Fsp3) is 0.583. The second-order valence-electron chi connectivity index (χ2n) is 4.31. The Morgan fingerprint density at radius 3 is 2.95 bits per heavy atom. The minimum Gasteiger partial charge on any atom is -0.378 e. The number of carbonyl (C=O) groups is 1. The molecule has 1 fully saturated rings. The molecule has 0 saturated carbocycles. The fourth-order valence-electron chi connectivity index (χ4n) is 1.87. The van der Waals surface area contributed by atoms with Gasteiger partial charge in [0.25, 0.3) is 0 Å². The van der Waals surface area contributed by atoms with Crippen molar-refractivity contribution in [1.29, 1.82) is 0 Å². The number of ether oxygens (including phenoxy) is 1. The summed E-state index contributed by atoms with van der Waals surface area (Å²) in [6.45, 7) is 3.15. The van der Waals surface area contributed by atoms with Crippen molar-refractivity contribution < 1.29 is 9.53 Å². The van der Waals surface area contributed by atoms with Gasteiger partial charge in [0.2, 0.25) is 11.9 Å². The number of nitrogens with zero attached hydrogens (tertiary/aromatic N) is 3. The van der Waals surface area contributed by atoms with Crippen LogP contribution in [-0.2, 0) is 9.53 Å². The third kappa shape index (κ3) is 4.04. The zero-order valence-corrected chi connectivity index (χ0v) is 12.9. The first-order chi connectivity index (χ1) is 9.70. The van der Waals surface area contributed by atoms with Crippen LogP contribution < -0.4 is 10.6 Å². The number of carbonyl (C=O) groups excluding carboxylic acids is 1. The van der Waals surface area contributed by atoms with Gasteiger partial charge in [-0.05, 0) is 15.9 Å². The summed E-state index contributed by atoms with van der Waals surface area (Å²) in [6.07, 6.45) is 2.11. The monoisotopic (exact) mass is 343 g/mol. The van der Waals surface area contributed by atoms with Gasteiger partial charge in [0.05, 0.1) is 17.7 Å². The fourth-order valence-corrected chi connectivity index (χ4v) is 2.20. The Hall–Kier alpha value is -1.41. The van der Waals surface area contributed by atoms with Crippen LogP contribution in [0.5, 0.6) is 0 Å². The molecular weight excluding hydrogens is 326 g/mol. The van der Waals surface area contributed by atoms with Crippen molar-refractivity contribution in [2.75, 3.05) is 50.5 Å². The van der Waals surface area contributed by atoms with E-state index < -0.39 is 0 Å². The number of rotatable bonds is 5. The molecule has 0 unspecified atom stereocenters. The highest BCUT2D eigenvalue weighted by Crippen LogP contribution is 2.19. The quantitative estimate of drug-likeness (QED) is 0.828. The predicted molar refractivity (Wildman–Crippen MR) is 79.8 cm³/mol. The van der Waals surface area contributed by atoms with Crippen molar-refractivity contribution in [2.24, 2.45) is 0 Å². The number of hydrogen-bond donors (Lipinski definition) is 2. The first kappa shape index (κ1) is 15.0. The zero-order chi connectivity index (χ0) is 14.4. The maximum Gasteiger partial charge on any atom is 0.224 e. The average Bonchev–Trinajstić information content (AvgIpc) is 2.50. The molecule has 1 aliphatic rings. The third-order valence-corrected chi connectivity index (χ3v) is 3.54. The molecule has 0 spiro atoms. The topological polar surface area (TPSA) is 79.4 Å². The molecular formula is C12H18BrN5O2. The molecule has 1 aromatic rings. The lowest BCUT2D eigenvalue weighted by Gasteiger charge is -2.26. The van der Waals surface area contributed by atoms with Crippen LogP contribution in [0, 0.1) is 0 Å². The number of hydrogen-bond acceptors (Lipinski definition) is 6. The van der Waals surface area contributed by atoms with Crippen LogP contribution in [0.3, 0.4) is 0 Å². The highest BCUT2D eigenvalue weighted by molar-refractivity contribution is 9.10. The van der Waals surface area contributed by atoms with Crippen LogP contribution in [0.1, 0.15) is 6.42 Å². The Morgan fingerprint density at radius 1 is 1.50 bits per heavy atom. The number of morpholine rings is 1. The SMILES string of the molecule is CNc1ncc(Br)c(NCCC(=O)N2CCOCC2)n1. The van der Waals surface area contributed by atoms with Crippen LogP contribution >= 0.6 is 15.9 Å². The first-order valence-electron chi connectivity index (χ1n) is 6.50. The molecule has 8 heteroatoms. The number of nitrogens with one attached hydrogen (secondary N) is 2. The summed E-state index contributed by atoms with van der Waals surface area (Å²) in [5, 5.41) is 6.01. The highest BCUT2D eigenvalue weighted by atomic mass is 79.9. The van der Waals surface area contributed by atoms with E-state index in [0.29, 0.717) is 51.0 Å². The van der Waals surface area contributed by atoms with E-state index in [4.69, 9.17) is 4.74 Å². The smallest absolute Gasteiger partial charge is 0.224 e. The molecule has 0 aliphatic carbocycles. The number of aromatic nitrogens is 2. The van der Waals surface area contributed by atoms with Gasteiger partial charge in [0.1, 0.15) is 5.82 Å². The van der Waals surface area contributed by atoms with Gasteiger partial charge in [-0.15, -0.1) is 0 Å². The summed E-state index contributed by atoms with van der Waals surface area (Å²) < 4.78 is 6.00. The van der Waals surface area contributed by atoms with E-state index in [9.17, 15) is 4.79 Å². The van der Waals surface area contributed by atoms with Gasteiger partial charge in [-0.2, -0.15) is 4.98 Å². The number of amides is 1.